The Morgan fingerprint density at radius 1 is 0.512 bits per heavy atom. The summed E-state index contributed by atoms with van der Waals surface area (Å²) in [5, 5.41) is 80.3. The third kappa shape index (κ3) is 24.9. The number of nitrogens with one attached hydrogen (secondary N) is 9. The molecule has 1 aromatic rings. The van der Waals surface area contributed by atoms with E-state index in [0.29, 0.717) is 12.0 Å². The fourth-order valence-electron chi connectivity index (χ4n) is 7.34. The van der Waals surface area contributed by atoms with Gasteiger partial charge in [-0.25, -0.2) is 4.79 Å². The lowest BCUT2D eigenvalue weighted by atomic mass is 9.98. The number of nitrogens with zero attached hydrogens (tertiary/aromatic N) is 1. The zero-order valence-electron chi connectivity index (χ0n) is 45.3. The fourth-order valence-corrected chi connectivity index (χ4v) is 7.34. The third-order valence-corrected chi connectivity index (χ3v) is 11.9. The summed E-state index contributed by atoms with van der Waals surface area (Å²) in [7, 11) is 0. The number of carbonyl (C=O) groups is 11. The lowest BCUT2D eigenvalue weighted by Gasteiger charge is -2.29. The number of aliphatic imine (C=N–C) groups is 1. The Kier molecular flexibility index (Phi) is 31.3. The number of phenolic OH excluding ortho intramolecular Hbond substituents is 1. The number of carbonyl (C=O) groups excluding carboxylic acids is 10. The molecule has 0 aliphatic rings. The molecule has 25 N–H and O–H groups in total. The van der Waals surface area contributed by atoms with Crippen molar-refractivity contribution in [2.75, 3.05) is 32.9 Å². The zero-order chi connectivity index (χ0) is 61.0. The number of carboxylic acids is 1. The van der Waals surface area contributed by atoms with Crippen LogP contribution in [0.2, 0.25) is 0 Å². The van der Waals surface area contributed by atoms with E-state index < -0.39 is 170 Å². The molecule has 0 bridgehead atoms. The molecule has 0 aliphatic heterocycles. The highest BCUT2D eigenvalue weighted by atomic mass is 16.4. The molecule has 0 unspecified atom stereocenters. The maximum Gasteiger partial charge on any atom is 0.326 e. The monoisotopic (exact) mass is 1140 g/mol. The van der Waals surface area contributed by atoms with Gasteiger partial charge in [-0.05, 0) is 81.5 Å². The number of guanidine groups is 1. The van der Waals surface area contributed by atoms with Gasteiger partial charge in [-0.1, -0.05) is 39.8 Å². The van der Waals surface area contributed by atoms with Crippen LogP contribution >= 0.6 is 0 Å². The molecule has 1 aromatic carbocycles. The van der Waals surface area contributed by atoms with E-state index in [1.165, 1.54) is 38.1 Å². The van der Waals surface area contributed by atoms with Crippen molar-refractivity contribution in [1.29, 1.82) is 0 Å². The number of carboxylic acid groups (broad SMARTS) is 1. The molecule has 0 saturated heterocycles. The minimum Gasteiger partial charge on any atom is -0.508 e. The Morgan fingerprint density at radius 2 is 0.900 bits per heavy atom. The van der Waals surface area contributed by atoms with Gasteiger partial charge in [0.25, 0.3) is 0 Å². The van der Waals surface area contributed by atoms with Crippen molar-refractivity contribution in [2.45, 2.75) is 146 Å². The first-order valence-electron chi connectivity index (χ1n) is 25.6. The van der Waals surface area contributed by atoms with E-state index in [1.54, 1.807) is 13.8 Å². The Hall–Kier alpha value is -7.78. The van der Waals surface area contributed by atoms with Crippen LogP contribution in [0.25, 0.3) is 0 Å². The number of benzene rings is 1. The first kappa shape index (κ1) is 70.2. The van der Waals surface area contributed by atoms with Crippen molar-refractivity contribution in [3.05, 3.63) is 29.8 Å². The maximum atomic E-state index is 13.9. The molecule has 0 saturated carbocycles. The van der Waals surface area contributed by atoms with Gasteiger partial charge in [0, 0.05) is 6.54 Å². The van der Waals surface area contributed by atoms with Crippen LogP contribution in [-0.2, 0) is 59.2 Å². The van der Waals surface area contributed by atoms with Gasteiger partial charge < -0.3 is 107 Å². The largest absolute Gasteiger partial charge is 0.508 e. The molecule has 0 aromatic heterocycles. The number of aliphatic carboxylic acids is 1. The van der Waals surface area contributed by atoms with Gasteiger partial charge in [0.1, 0.15) is 60.1 Å². The Bertz CT molecular complexity index is 2280. The second-order valence-electron chi connectivity index (χ2n) is 19.3. The van der Waals surface area contributed by atoms with Crippen LogP contribution in [0.15, 0.2) is 29.3 Å². The molecule has 80 heavy (non-hydrogen) atoms. The summed E-state index contributed by atoms with van der Waals surface area (Å²) < 4.78 is 0. The number of phenols is 1. The minimum atomic E-state index is -1.93. The van der Waals surface area contributed by atoms with Crippen molar-refractivity contribution >= 4 is 71.0 Å². The van der Waals surface area contributed by atoms with E-state index in [2.05, 4.69) is 52.8 Å². The quantitative estimate of drug-likeness (QED) is 0.0167. The summed E-state index contributed by atoms with van der Waals surface area (Å²) in [6.45, 7) is 4.10. The Labute approximate surface area is 461 Å². The van der Waals surface area contributed by atoms with Crippen molar-refractivity contribution in [3.8, 4) is 5.75 Å². The number of amides is 10. The molecule has 450 valence electrons. The first-order valence-corrected chi connectivity index (χ1v) is 25.6. The summed E-state index contributed by atoms with van der Waals surface area (Å²) in [6.07, 6.45) is -2.07. The van der Waals surface area contributed by atoms with Crippen LogP contribution in [-0.4, -0.2) is 201 Å². The predicted molar refractivity (Wildman–Crippen MR) is 284 cm³/mol. The summed E-state index contributed by atoms with van der Waals surface area (Å²) in [5.74, 6) is -13.9. The lowest BCUT2D eigenvalue weighted by Crippen LogP contribution is -2.62. The summed E-state index contributed by atoms with van der Waals surface area (Å²) in [5.41, 5.74) is 28.2. The van der Waals surface area contributed by atoms with Gasteiger partial charge in [0.15, 0.2) is 5.96 Å². The molecule has 10 amide bonds. The van der Waals surface area contributed by atoms with Gasteiger partial charge in [-0.3, -0.25) is 52.9 Å². The fraction of sp³-hybridized carbons (Fsp3) is 0.625. The van der Waals surface area contributed by atoms with Gasteiger partial charge >= 0.3 is 5.97 Å². The summed E-state index contributed by atoms with van der Waals surface area (Å²) >= 11 is 0. The van der Waals surface area contributed by atoms with Crippen molar-refractivity contribution in [2.24, 2.45) is 45.5 Å². The molecular weight excluding hydrogens is 1060 g/mol. The average molecular weight is 1140 g/mol. The van der Waals surface area contributed by atoms with Gasteiger partial charge in [-0.2, -0.15) is 0 Å². The van der Waals surface area contributed by atoms with E-state index in [9.17, 15) is 83.4 Å². The number of aliphatic hydroxyl groups excluding tert-OH is 4. The van der Waals surface area contributed by atoms with Crippen LogP contribution in [0.5, 0.6) is 5.75 Å². The molecule has 0 aliphatic carbocycles. The van der Waals surface area contributed by atoms with Crippen LogP contribution in [0, 0.1) is 11.8 Å². The smallest absolute Gasteiger partial charge is 0.326 e. The Morgan fingerprint density at radius 3 is 1.34 bits per heavy atom. The minimum absolute atomic E-state index is 0.0331. The number of nitrogens with two attached hydrogens (primary N) is 5. The van der Waals surface area contributed by atoms with E-state index in [-0.39, 0.29) is 56.9 Å². The van der Waals surface area contributed by atoms with Crippen LogP contribution in [0.4, 0.5) is 0 Å². The topological polar surface area (TPSA) is 560 Å². The van der Waals surface area contributed by atoms with Gasteiger partial charge in [-0.15, -0.1) is 0 Å². The molecule has 11 atom stereocenters. The average Bonchev–Trinajstić information content (AvgIpc) is 3.38. The number of hydrogen-bond donors (Lipinski definition) is 20. The standard InChI is InChI=1S/C48H81N15O17/c1-22(2)35(44(76)56-29(47(79)80)10-8-16-54-48(52)53)62-45(77)36(23(3)4)61-40(72)30(18-34(51)69)57-39(71)28(9-6-7-15-49)55-41(73)31(19-64)58-42(74)32(20-65)59-43(75)33(21-66)60-46(78)37(24(5)67)63-38(70)27(50)17-25-11-13-26(68)14-12-25/h11-14,22-24,27-33,35-37,64-68H,6-10,15-21,49-50H2,1-5H3,(H2,51,69)(H,55,73)(H,56,76)(H,57,71)(H,58,74)(H,59,75)(H,60,78)(H,61,72)(H,62,77)(H,63,70)(H,79,80)(H4,52,53,54)/t24-,27+,28+,29+,30+,31+,32+,33+,35+,36+,37+/m1/s1. The van der Waals surface area contributed by atoms with E-state index in [4.69, 9.17) is 28.7 Å². The third-order valence-electron chi connectivity index (χ3n) is 11.9. The number of rotatable bonds is 37. The molecule has 32 nitrogen and oxygen atoms in total. The number of unbranched alkanes of at least 4 members (excludes halogenated alkanes) is 1. The molecule has 1 rings (SSSR count). The van der Waals surface area contributed by atoms with E-state index >= 15 is 0 Å². The van der Waals surface area contributed by atoms with Gasteiger partial charge in [0.2, 0.25) is 59.1 Å². The number of hydrogen-bond acceptors (Lipinski definition) is 19. The predicted octanol–water partition coefficient (Wildman–Crippen LogP) is -8.56. The van der Waals surface area contributed by atoms with Crippen LogP contribution < -0.4 is 76.5 Å². The Balaban J connectivity index is 3.21. The summed E-state index contributed by atoms with van der Waals surface area (Å²) in [6, 6.07) is -10.5. The maximum absolute atomic E-state index is 13.9. The molecular formula is C48H81N15O17. The normalized spacial score (nSPS) is 15.3. The number of aromatic hydroxyl groups is 1. The highest BCUT2D eigenvalue weighted by Gasteiger charge is 2.37. The van der Waals surface area contributed by atoms with Crippen LogP contribution in [0.1, 0.15) is 78.7 Å². The summed E-state index contributed by atoms with van der Waals surface area (Å²) in [4.78, 5) is 149. The van der Waals surface area contributed by atoms with Gasteiger partial charge in [0.05, 0.1) is 38.4 Å². The number of primary amides is 1. The van der Waals surface area contributed by atoms with E-state index in [1.807, 2.05) is 0 Å². The van der Waals surface area contributed by atoms with Crippen molar-refractivity contribution in [1.82, 2.24) is 47.9 Å². The molecule has 0 radical (unpaired) electrons. The molecule has 0 heterocycles. The zero-order valence-corrected chi connectivity index (χ0v) is 45.3. The number of aliphatic hydroxyl groups is 4. The van der Waals surface area contributed by atoms with Crippen molar-refractivity contribution < 1.29 is 83.4 Å². The molecule has 32 heteroatoms. The SMILES string of the molecule is CC(C)[C@H](NC(=O)[C@H](CC(N)=O)NC(=O)[C@H](CCCCN)NC(=O)[C@H](CO)NC(=O)[C@H](CO)NC(=O)[C@H](CO)NC(=O)[C@@H](NC(=O)[C@@H](N)Cc1ccc(O)cc1)[C@@H](C)O)C(=O)N[C@H](C(=O)N[C@@H](CCCN=C(N)N)C(=O)O)C(C)C. The second kappa shape index (κ2) is 35.7. The lowest BCUT2D eigenvalue weighted by molar-refractivity contribution is -0.143. The highest BCUT2D eigenvalue weighted by Crippen LogP contribution is 2.13. The van der Waals surface area contributed by atoms with Crippen molar-refractivity contribution in [3.63, 3.8) is 0 Å². The van der Waals surface area contributed by atoms with E-state index in [0.717, 1.165) is 6.92 Å². The highest BCUT2D eigenvalue weighted by molar-refractivity contribution is 5.99. The molecule has 0 spiro atoms. The van der Waals surface area contributed by atoms with Crippen LogP contribution in [0.3, 0.4) is 0 Å². The second-order valence-corrected chi connectivity index (χ2v) is 19.3. The first-order chi connectivity index (χ1) is 37.5. The molecule has 0 fully saturated rings.